The normalized spacial score (nSPS) is 20.9. The Labute approximate surface area is 324 Å². The number of hydrogen-bond donors (Lipinski definition) is 3. The van der Waals surface area contributed by atoms with Gasteiger partial charge in [-0.05, 0) is 88.5 Å². The third-order valence-electron chi connectivity index (χ3n) is 10.7. The smallest absolute Gasteiger partial charge is 0.333 e. The van der Waals surface area contributed by atoms with Gasteiger partial charge < -0.3 is 19.5 Å². The number of carbonyl (C=O) groups excluding carboxylic acids is 3. The van der Waals surface area contributed by atoms with E-state index >= 15 is 0 Å². The molecule has 1 fully saturated rings. The Bertz CT molecular complexity index is 2540. The van der Waals surface area contributed by atoms with Crippen molar-refractivity contribution in [2.75, 3.05) is 5.32 Å². The van der Waals surface area contributed by atoms with Crippen LogP contribution in [-0.2, 0) is 46.0 Å². The largest absolute Gasteiger partial charge is 0.453 e. The van der Waals surface area contributed by atoms with E-state index in [1.807, 2.05) is 46.1 Å². The number of amides is 2. The maximum atomic E-state index is 13.4. The van der Waals surface area contributed by atoms with Crippen LogP contribution in [0, 0.1) is 0 Å². The van der Waals surface area contributed by atoms with Gasteiger partial charge in [0.05, 0.1) is 16.6 Å². The average Bonchev–Trinajstić information content (AvgIpc) is 3.65. The second-order valence-corrected chi connectivity index (χ2v) is 19.2. The van der Waals surface area contributed by atoms with Crippen molar-refractivity contribution in [1.82, 2.24) is 14.6 Å². The third kappa shape index (κ3) is 7.23. The number of hydroxylamine groups is 2. The number of aromatic nitrogens is 2. The first kappa shape index (κ1) is 39.6. The number of nitrogens with one attached hydrogen (secondary N) is 1. The molecule has 3 N–H and O–H groups in total. The summed E-state index contributed by atoms with van der Waals surface area (Å²) < 4.78 is 83.7. The zero-order valence-corrected chi connectivity index (χ0v) is 33.6. The molecule has 2 unspecified atom stereocenters. The number of imidazole rings is 1. The van der Waals surface area contributed by atoms with Crippen LogP contribution in [0.4, 0.5) is 5.69 Å². The summed E-state index contributed by atoms with van der Waals surface area (Å²) in [4.78, 5) is 49.2. The number of ether oxygens (including phenoxy) is 1. The van der Waals surface area contributed by atoms with E-state index in [-0.39, 0.29) is 64.4 Å². The third-order valence-corrected chi connectivity index (χ3v) is 12.5. The molecule has 5 heterocycles. The van der Waals surface area contributed by atoms with Gasteiger partial charge in [0.25, 0.3) is 32.1 Å². The fourth-order valence-electron chi connectivity index (χ4n) is 8.59. The summed E-state index contributed by atoms with van der Waals surface area (Å²) in [7, 11) is -10.1. The van der Waals surface area contributed by atoms with Crippen LogP contribution in [0.2, 0.25) is 0 Å². The zero-order valence-electron chi connectivity index (χ0n) is 32.0. The molecule has 4 aliphatic rings. The highest BCUT2D eigenvalue weighted by Gasteiger charge is 2.42. The molecule has 56 heavy (non-hydrogen) atoms. The van der Waals surface area contributed by atoms with Gasteiger partial charge in [-0.3, -0.25) is 23.7 Å². The number of imide groups is 1. The van der Waals surface area contributed by atoms with Crippen LogP contribution in [0.1, 0.15) is 127 Å². The predicted octanol–water partition coefficient (Wildman–Crippen LogP) is 4.50. The Morgan fingerprint density at radius 1 is 0.929 bits per heavy atom. The van der Waals surface area contributed by atoms with E-state index in [0.717, 1.165) is 0 Å². The van der Waals surface area contributed by atoms with E-state index in [1.165, 1.54) is 0 Å². The Balaban J connectivity index is 1.38. The second-order valence-electron chi connectivity index (χ2n) is 16.4. The number of unbranched alkanes of at least 4 members (excludes halogenated alkanes) is 2. The molecule has 7 rings (SSSR count). The van der Waals surface area contributed by atoms with E-state index in [9.17, 15) is 40.3 Å². The molecule has 0 spiro atoms. The number of anilines is 1. The number of fused-ring (bicyclic) bond motifs is 4. The van der Waals surface area contributed by atoms with Gasteiger partial charge in [0.1, 0.15) is 5.82 Å². The van der Waals surface area contributed by atoms with Gasteiger partial charge in [0.15, 0.2) is 21.3 Å². The lowest BCUT2D eigenvalue weighted by molar-refractivity contribution is -0.197. The molecule has 3 aromatic rings. The topological polar surface area (TPSA) is 224 Å². The molecule has 2 atom stereocenters. The zero-order chi connectivity index (χ0) is 40.7. The summed E-state index contributed by atoms with van der Waals surface area (Å²) in [6.45, 7) is 11.7. The van der Waals surface area contributed by atoms with E-state index in [0.29, 0.717) is 66.2 Å². The van der Waals surface area contributed by atoms with E-state index in [4.69, 9.17) is 19.6 Å². The van der Waals surface area contributed by atoms with E-state index < -0.39 is 58.9 Å². The lowest BCUT2D eigenvalue weighted by Gasteiger charge is -2.39. The highest BCUT2D eigenvalue weighted by molar-refractivity contribution is 7.86. The maximum absolute atomic E-state index is 13.4. The highest BCUT2D eigenvalue weighted by atomic mass is 32.2. The van der Waals surface area contributed by atoms with Crippen molar-refractivity contribution in [2.24, 2.45) is 4.99 Å². The van der Waals surface area contributed by atoms with Crippen LogP contribution in [0.3, 0.4) is 0 Å². The van der Waals surface area contributed by atoms with Crippen LogP contribution in [0.25, 0.3) is 5.57 Å². The lowest BCUT2D eigenvalue weighted by atomic mass is 9.80. The molecule has 1 saturated heterocycles. The number of rotatable bonds is 10. The van der Waals surface area contributed by atoms with Gasteiger partial charge in [0, 0.05) is 60.1 Å². The molecule has 16 nitrogen and oxygen atoms in total. The van der Waals surface area contributed by atoms with Crippen LogP contribution in [0.15, 0.2) is 39.3 Å². The molecular weight excluding hydrogens is 767 g/mol. The molecule has 0 saturated carbocycles. The Morgan fingerprint density at radius 3 is 2.25 bits per heavy atom. The Hall–Kier alpha value is -4.65. The van der Waals surface area contributed by atoms with E-state index in [2.05, 4.69) is 5.32 Å². The van der Waals surface area contributed by atoms with Gasteiger partial charge >= 0.3 is 5.97 Å². The summed E-state index contributed by atoms with van der Waals surface area (Å²) in [5.74, 6) is -2.54. The number of benzene rings is 2. The second kappa shape index (κ2) is 13.8. The highest BCUT2D eigenvalue weighted by Crippen LogP contribution is 2.51. The monoisotopic (exact) mass is 811 g/mol. The minimum Gasteiger partial charge on any atom is -0.453 e. The Morgan fingerprint density at radius 2 is 1.59 bits per heavy atom. The van der Waals surface area contributed by atoms with Gasteiger partial charge in [-0.15, -0.1) is 5.06 Å². The van der Waals surface area contributed by atoms with Crippen molar-refractivity contribution >= 4 is 49.3 Å². The summed E-state index contributed by atoms with van der Waals surface area (Å²) in [5.41, 5.74) is 0.551. The number of aryl methyl sites for hydroxylation is 1. The fraction of sp³-hybridized carbons (Fsp3) is 0.500. The summed E-state index contributed by atoms with van der Waals surface area (Å²) in [5, 5.41) is 4.03. The summed E-state index contributed by atoms with van der Waals surface area (Å²) >= 11 is 0. The molecule has 0 bridgehead atoms. The van der Waals surface area contributed by atoms with Gasteiger partial charge in [-0.1, -0.05) is 20.3 Å². The van der Waals surface area contributed by atoms with Crippen molar-refractivity contribution in [2.45, 2.75) is 132 Å². The lowest BCUT2D eigenvalue weighted by Crippen LogP contribution is -2.39. The minimum atomic E-state index is -5.06. The quantitative estimate of drug-likeness (QED) is 0.114. The number of hydrogen-bond acceptors (Lipinski definition) is 12. The number of nitrogens with zero attached hydrogens (tertiary/aromatic N) is 4. The van der Waals surface area contributed by atoms with Crippen molar-refractivity contribution in [3.8, 4) is 11.5 Å². The van der Waals surface area contributed by atoms with Crippen LogP contribution < -0.4 is 20.6 Å². The molecule has 1 aromatic heterocycles. The predicted molar refractivity (Wildman–Crippen MR) is 201 cm³/mol. The standard InChI is InChI=1S/C38H45N5O11S2/c1-20-18-37(3,4)40-30-22(20)16-24-29(36-39-13-15-42(36)14-9-7-8-10-28(46)54-43-26(44)11-12-27(43)45)25-17-23-21(2)19-38(5,6)41-31(23)35(56(50,51)52)33(25)53-32(24)34(30)55(47,48)49/h13,15-17,20-21,40H,7-12,14,18-19H2,1-6H3,(H,47,48,49)(H,50,51,52). The van der Waals surface area contributed by atoms with Gasteiger partial charge in [0.2, 0.25) is 0 Å². The van der Waals surface area contributed by atoms with Gasteiger partial charge in [-0.2, -0.15) is 16.8 Å². The molecule has 4 aliphatic heterocycles. The summed E-state index contributed by atoms with van der Waals surface area (Å²) in [6.07, 6.45) is 5.89. The first-order valence-corrected chi connectivity index (χ1v) is 21.5. The van der Waals surface area contributed by atoms with Crippen LogP contribution in [-0.4, -0.2) is 69.4 Å². The molecule has 0 aliphatic carbocycles. The van der Waals surface area contributed by atoms with E-state index in [1.54, 1.807) is 24.5 Å². The molecule has 0 radical (unpaired) electrons. The first-order valence-electron chi connectivity index (χ1n) is 18.6. The first-order chi connectivity index (χ1) is 26.1. The molecule has 2 amide bonds. The minimum absolute atomic E-state index is 0.000731. The molecular formula is C38H45N5O11S2. The SMILES string of the molecule is CC1CC(C)(C)Nc2c1cc1c(c2S(=O)(=O)O)Oc2c(S(=O)(=O)O)c3c(cc2=C1c1nccn1CCCCCC(=O)ON1C(=O)CCC1=O)C(C)CC(C)(C)N=3. The van der Waals surface area contributed by atoms with Gasteiger partial charge in [-0.25, -0.2) is 9.78 Å². The Kier molecular flexibility index (Phi) is 9.74. The van der Waals surface area contributed by atoms with Crippen LogP contribution in [0.5, 0.6) is 11.5 Å². The van der Waals surface area contributed by atoms with Crippen molar-refractivity contribution < 1.29 is 49.9 Å². The molecule has 18 heteroatoms. The average molecular weight is 812 g/mol. The maximum Gasteiger partial charge on any atom is 0.333 e. The summed E-state index contributed by atoms with van der Waals surface area (Å²) in [6, 6.07) is 3.55. The number of carbonyl (C=O) groups is 3. The van der Waals surface area contributed by atoms with Crippen LogP contribution >= 0.6 is 0 Å². The fourth-order valence-corrected chi connectivity index (χ4v) is 10.2. The van der Waals surface area contributed by atoms with Crippen molar-refractivity contribution in [3.63, 3.8) is 0 Å². The van der Waals surface area contributed by atoms with Crippen molar-refractivity contribution in [3.05, 3.63) is 57.6 Å². The van der Waals surface area contributed by atoms with Crippen molar-refractivity contribution in [1.29, 1.82) is 0 Å². The molecule has 300 valence electrons. The molecule has 2 aromatic carbocycles.